The lowest BCUT2D eigenvalue weighted by Crippen LogP contribution is -2.36. The van der Waals surface area contributed by atoms with Crippen molar-refractivity contribution in [1.29, 1.82) is 0 Å². The maximum absolute atomic E-state index is 11.9. The number of rotatable bonds is 6. The molecule has 4 nitrogen and oxygen atoms in total. The molecule has 5 heteroatoms. The number of Topliss-reactive ketones (excluding diaryl/α,β-unsaturated/α-hetero) is 1. The van der Waals surface area contributed by atoms with E-state index in [9.17, 15) is 14.7 Å². The van der Waals surface area contributed by atoms with Crippen molar-refractivity contribution in [2.45, 2.75) is 37.9 Å². The summed E-state index contributed by atoms with van der Waals surface area (Å²) in [4.78, 5) is 27.3. The number of aromatic nitrogens is 1. The Labute approximate surface area is 123 Å². The van der Waals surface area contributed by atoms with Gasteiger partial charge in [0.1, 0.15) is 5.78 Å². The number of thioether (sulfide) groups is 1. The van der Waals surface area contributed by atoms with Crippen LogP contribution in [-0.2, 0) is 16.0 Å². The summed E-state index contributed by atoms with van der Waals surface area (Å²) in [5, 5.41) is 8.93. The molecule has 0 bridgehead atoms. The Morgan fingerprint density at radius 1 is 1.60 bits per heavy atom. The summed E-state index contributed by atoms with van der Waals surface area (Å²) >= 11 is 1.50. The van der Waals surface area contributed by atoms with E-state index < -0.39 is 16.6 Å². The van der Waals surface area contributed by atoms with Gasteiger partial charge < -0.3 is 5.11 Å². The van der Waals surface area contributed by atoms with Crippen LogP contribution in [0.1, 0.15) is 31.7 Å². The fourth-order valence-corrected chi connectivity index (χ4v) is 3.96. The molecule has 0 unspecified atom stereocenters. The second kappa shape index (κ2) is 6.39. The molecule has 108 valence electrons. The molecule has 1 aromatic heterocycles. The van der Waals surface area contributed by atoms with Crippen LogP contribution in [0.25, 0.3) is 0 Å². The van der Waals surface area contributed by atoms with Gasteiger partial charge in [0.2, 0.25) is 0 Å². The molecule has 1 fully saturated rings. The van der Waals surface area contributed by atoms with Crippen LogP contribution >= 0.6 is 11.8 Å². The Balaban J connectivity index is 1.84. The van der Waals surface area contributed by atoms with Crippen LogP contribution in [-0.4, -0.2) is 32.8 Å². The fraction of sp³-hybridized carbons (Fsp3) is 0.533. The van der Waals surface area contributed by atoms with Gasteiger partial charge in [0, 0.05) is 18.8 Å². The Morgan fingerprint density at radius 2 is 2.40 bits per heavy atom. The number of carbonyl (C=O) groups excluding carboxylic acids is 1. The molecule has 1 heterocycles. The fourth-order valence-electron chi connectivity index (χ4n) is 2.52. The average molecular weight is 293 g/mol. The number of nitrogens with zero attached hydrogens (tertiary/aromatic N) is 1. The highest BCUT2D eigenvalue weighted by atomic mass is 32.2. The molecule has 0 amide bonds. The Hall–Kier alpha value is -1.36. The number of aryl methyl sites for hydroxylation is 1. The summed E-state index contributed by atoms with van der Waals surface area (Å²) in [6.45, 7) is 1.69. The molecule has 1 N–H and O–H groups in total. The smallest absolute Gasteiger partial charge is 0.310 e. The van der Waals surface area contributed by atoms with E-state index in [4.69, 9.17) is 0 Å². The van der Waals surface area contributed by atoms with Crippen molar-refractivity contribution in [3.05, 3.63) is 30.1 Å². The van der Waals surface area contributed by atoms with Gasteiger partial charge in [-0.2, -0.15) is 0 Å². The molecule has 1 aliphatic rings. The predicted molar refractivity (Wildman–Crippen MR) is 78.8 cm³/mol. The van der Waals surface area contributed by atoms with Gasteiger partial charge in [0.05, 0.1) is 10.7 Å². The van der Waals surface area contributed by atoms with E-state index in [0.29, 0.717) is 12.8 Å². The highest BCUT2D eigenvalue weighted by Crippen LogP contribution is 2.43. The first-order valence-electron chi connectivity index (χ1n) is 6.80. The van der Waals surface area contributed by atoms with E-state index in [1.165, 1.54) is 17.3 Å². The van der Waals surface area contributed by atoms with Crippen LogP contribution in [0.5, 0.6) is 0 Å². The zero-order valence-electron chi connectivity index (χ0n) is 11.5. The van der Waals surface area contributed by atoms with E-state index in [2.05, 4.69) is 4.98 Å². The van der Waals surface area contributed by atoms with Gasteiger partial charge in [-0.1, -0.05) is 6.07 Å². The maximum Gasteiger partial charge on any atom is 0.310 e. The van der Waals surface area contributed by atoms with Crippen molar-refractivity contribution in [2.24, 2.45) is 5.41 Å². The SMILES string of the molecule is C[C@]1(C(=O)O)CCC(=O)[C@H]1SCCCc1cccnc1. The monoisotopic (exact) mass is 293 g/mol. The molecule has 1 aromatic rings. The van der Waals surface area contributed by atoms with Gasteiger partial charge in [0.15, 0.2) is 0 Å². The largest absolute Gasteiger partial charge is 0.481 e. The number of carbonyl (C=O) groups is 2. The number of carboxylic acids is 1. The number of carboxylic acid groups (broad SMARTS) is 1. The topological polar surface area (TPSA) is 67.3 Å². The molecule has 20 heavy (non-hydrogen) atoms. The normalized spacial score (nSPS) is 25.9. The molecule has 1 saturated carbocycles. The Morgan fingerprint density at radius 3 is 3.05 bits per heavy atom. The second-order valence-corrected chi connectivity index (χ2v) is 6.62. The Kier molecular flexibility index (Phi) is 4.81. The van der Waals surface area contributed by atoms with Crippen molar-refractivity contribution in [3.8, 4) is 0 Å². The zero-order chi connectivity index (χ0) is 14.6. The van der Waals surface area contributed by atoms with Crippen LogP contribution in [0.4, 0.5) is 0 Å². The molecule has 0 aliphatic heterocycles. The van der Waals surface area contributed by atoms with E-state index in [0.717, 1.165) is 18.6 Å². The number of ketones is 1. The third-order valence-corrected chi connectivity index (χ3v) is 5.51. The van der Waals surface area contributed by atoms with Crippen LogP contribution in [0.2, 0.25) is 0 Å². The number of hydrogen-bond donors (Lipinski definition) is 1. The predicted octanol–water partition coefficient (Wildman–Crippen LogP) is 2.57. The summed E-state index contributed by atoms with van der Waals surface area (Å²) in [5.74, 6) is 0.0307. The van der Waals surface area contributed by atoms with Gasteiger partial charge in [-0.25, -0.2) is 0 Å². The first-order chi connectivity index (χ1) is 9.54. The van der Waals surface area contributed by atoms with Gasteiger partial charge in [0.25, 0.3) is 0 Å². The molecule has 2 atom stereocenters. The van der Waals surface area contributed by atoms with Crippen molar-refractivity contribution < 1.29 is 14.7 Å². The molecule has 0 aromatic carbocycles. The minimum absolute atomic E-state index is 0.0845. The number of pyridine rings is 1. The van der Waals surface area contributed by atoms with Gasteiger partial charge in [-0.3, -0.25) is 14.6 Å². The summed E-state index contributed by atoms with van der Waals surface area (Å²) in [6.07, 6.45) is 6.27. The summed E-state index contributed by atoms with van der Waals surface area (Å²) in [5.41, 5.74) is 0.280. The van der Waals surface area contributed by atoms with E-state index in [1.807, 2.05) is 18.3 Å². The lowest BCUT2D eigenvalue weighted by atomic mass is 9.89. The average Bonchev–Trinajstić information content (AvgIpc) is 2.74. The first-order valence-corrected chi connectivity index (χ1v) is 7.85. The van der Waals surface area contributed by atoms with Crippen LogP contribution in [0, 0.1) is 5.41 Å². The van der Waals surface area contributed by atoms with Crippen LogP contribution in [0.15, 0.2) is 24.5 Å². The van der Waals surface area contributed by atoms with Crippen molar-refractivity contribution >= 4 is 23.5 Å². The number of aliphatic carboxylic acids is 1. The van der Waals surface area contributed by atoms with Crippen LogP contribution < -0.4 is 0 Å². The van der Waals surface area contributed by atoms with E-state index in [1.54, 1.807) is 13.1 Å². The van der Waals surface area contributed by atoms with Crippen molar-refractivity contribution in [3.63, 3.8) is 0 Å². The molecule has 0 spiro atoms. The molecule has 0 saturated heterocycles. The van der Waals surface area contributed by atoms with E-state index in [-0.39, 0.29) is 5.78 Å². The third-order valence-electron chi connectivity index (χ3n) is 3.87. The minimum Gasteiger partial charge on any atom is -0.481 e. The molecular formula is C15H19NO3S. The summed E-state index contributed by atoms with van der Waals surface area (Å²) in [7, 11) is 0. The highest BCUT2D eigenvalue weighted by Gasteiger charge is 2.50. The molecule has 2 rings (SSSR count). The molecule has 1 aliphatic carbocycles. The maximum atomic E-state index is 11.9. The van der Waals surface area contributed by atoms with Gasteiger partial charge in [-0.15, -0.1) is 11.8 Å². The zero-order valence-corrected chi connectivity index (χ0v) is 12.4. The van der Waals surface area contributed by atoms with Gasteiger partial charge in [-0.05, 0) is 43.6 Å². The third kappa shape index (κ3) is 3.20. The highest BCUT2D eigenvalue weighted by molar-refractivity contribution is 8.00. The minimum atomic E-state index is -0.893. The molecule has 0 radical (unpaired) electrons. The summed E-state index contributed by atoms with van der Waals surface area (Å²) < 4.78 is 0. The lowest BCUT2D eigenvalue weighted by Gasteiger charge is -2.25. The quantitative estimate of drug-likeness (QED) is 0.816. The second-order valence-electron chi connectivity index (χ2n) is 5.40. The van der Waals surface area contributed by atoms with Gasteiger partial charge >= 0.3 is 5.97 Å². The first kappa shape index (κ1) is 15.0. The molecular weight excluding hydrogens is 274 g/mol. The van der Waals surface area contributed by atoms with E-state index >= 15 is 0 Å². The van der Waals surface area contributed by atoms with Crippen LogP contribution in [0.3, 0.4) is 0 Å². The lowest BCUT2D eigenvalue weighted by molar-refractivity contribution is -0.147. The Bertz CT molecular complexity index is 491. The summed E-state index contributed by atoms with van der Waals surface area (Å²) in [6, 6.07) is 3.93. The van der Waals surface area contributed by atoms with Crippen molar-refractivity contribution in [2.75, 3.05) is 5.75 Å². The standard InChI is InChI=1S/C15H19NO3S/c1-15(14(18)19)7-6-12(17)13(15)20-9-3-5-11-4-2-8-16-10-11/h2,4,8,10,13H,3,5-7,9H2,1H3,(H,18,19)/t13-,15+/m1/s1. The number of hydrogen-bond acceptors (Lipinski definition) is 4. The van der Waals surface area contributed by atoms with Crippen molar-refractivity contribution in [1.82, 2.24) is 4.98 Å².